The van der Waals surface area contributed by atoms with Gasteiger partial charge in [-0.05, 0) is 61.4 Å². The van der Waals surface area contributed by atoms with Gasteiger partial charge in [-0.2, -0.15) is 13.2 Å². The van der Waals surface area contributed by atoms with Crippen LogP contribution in [-0.4, -0.2) is 72.6 Å². The van der Waals surface area contributed by atoms with E-state index in [1.807, 2.05) is 0 Å². The van der Waals surface area contributed by atoms with Crippen molar-refractivity contribution in [2.24, 2.45) is 0 Å². The molecule has 2 aliphatic rings. The third-order valence-electron chi connectivity index (χ3n) is 6.31. The first kappa shape index (κ1) is 26.4. The monoisotopic (exact) mass is 522 g/mol. The average molecular weight is 522 g/mol. The third kappa shape index (κ3) is 6.56. The SMILES string of the molecule is O=C(NCC1CCCO1)C1CN(C(=O)Nc2ccc(F)cc2)CCN1C(=O)c1ccc(C(F)(F)F)cc1. The number of nitrogens with zero attached hydrogens (tertiary/aromatic N) is 2. The van der Waals surface area contributed by atoms with Crippen LogP contribution in [0.3, 0.4) is 0 Å². The van der Waals surface area contributed by atoms with E-state index in [2.05, 4.69) is 10.6 Å². The van der Waals surface area contributed by atoms with Gasteiger partial charge in [-0.15, -0.1) is 0 Å². The van der Waals surface area contributed by atoms with Crippen LogP contribution >= 0.6 is 0 Å². The minimum atomic E-state index is -4.55. The molecule has 0 saturated carbocycles. The van der Waals surface area contributed by atoms with Crippen molar-refractivity contribution in [2.75, 3.05) is 38.1 Å². The van der Waals surface area contributed by atoms with Crippen molar-refractivity contribution in [1.82, 2.24) is 15.1 Å². The van der Waals surface area contributed by atoms with E-state index in [9.17, 15) is 31.9 Å². The van der Waals surface area contributed by atoms with E-state index in [0.29, 0.717) is 12.3 Å². The Bertz CT molecular complexity index is 1120. The van der Waals surface area contributed by atoms with Gasteiger partial charge in [-0.3, -0.25) is 9.59 Å². The van der Waals surface area contributed by atoms with Crippen LogP contribution in [0.15, 0.2) is 48.5 Å². The van der Waals surface area contributed by atoms with Crippen LogP contribution in [0.4, 0.5) is 28.0 Å². The zero-order chi connectivity index (χ0) is 26.6. The molecular weight excluding hydrogens is 496 g/mol. The highest BCUT2D eigenvalue weighted by atomic mass is 19.4. The molecule has 12 heteroatoms. The molecule has 8 nitrogen and oxygen atoms in total. The largest absolute Gasteiger partial charge is 0.416 e. The summed E-state index contributed by atoms with van der Waals surface area (Å²) >= 11 is 0. The van der Waals surface area contributed by atoms with Gasteiger partial charge in [0, 0.05) is 37.5 Å². The number of urea groups is 1. The fourth-order valence-corrected chi connectivity index (χ4v) is 4.28. The molecule has 2 N–H and O–H groups in total. The lowest BCUT2D eigenvalue weighted by Gasteiger charge is -2.40. The van der Waals surface area contributed by atoms with Crippen LogP contribution < -0.4 is 10.6 Å². The molecule has 2 unspecified atom stereocenters. The molecule has 4 amide bonds. The first-order chi connectivity index (χ1) is 17.6. The first-order valence-corrected chi connectivity index (χ1v) is 11.8. The summed E-state index contributed by atoms with van der Waals surface area (Å²) in [5.74, 6) is -1.59. The Morgan fingerprint density at radius 1 is 1.00 bits per heavy atom. The molecule has 198 valence electrons. The molecule has 2 aromatic rings. The summed E-state index contributed by atoms with van der Waals surface area (Å²) in [6.45, 7) is 0.750. The van der Waals surface area contributed by atoms with Gasteiger partial charge in [0.1, 0.15) is 11.9 Å². The molecule has 2 heterocycles. The number of ether oxygens (including phenoxy) is 1. The van der Waals surface area contributed by atoms with Crippen molar-refractivity contribution in [3.8, 4) is 0 Å². The molecule has 0 radical (unpaired) electrons. The van der Waals surface area contributed by atoms with Crippen LogP contribution in [0.5, 0.6) is 0 Å². The minimum absolute atomic E-state index is 0.00543. The second-order valence-electron chi connectivity index (χ2n) is 8.85. The van der Waals surface area contributed by atoms with Crippen molar-refractivity contribution in [3.63, 3.8) is 0 Å². The number of rotatable bonds is 5. The Kier molecular flexibility index (Phi) is 7.96. The molecule has 0 spiro atoms. The normalized spacial score (nSPS) is 20.0. The van der Waals surface area contributed by atoms with E-state index < -0.39 is 41.4 Å². The Morgan fingerprint density at radius 2 is 1.70 bits per heavy atom. The standard InChI is InChI=1S/C25H26F4N4O4/c26-18-7-9-19(10-8-18)31-24(36)32-11-12-33(21(15-32)22(34)30-14-20-2-1-13-37-20)23(35)16-3-5-17(6-4-16)25(27,28)29/h3-10,20-21H,1-2,11-15H2,(H,30,34)(H,31,36). The van der Waals surface area contributed by atoms with Crippen molar-refractivity contribution < 1.29 is 36.7 Å². The number of anilines is 1. The summed E-state index contributed by atoms with van der Waals surface area (Å²) in [4.78, 5) is 41.8. The fourth-order valence-electron chi connectivity index (χ4n) is 4.28. The molecule has 4 rings (SSSR count). The molecule has 2 fully saturated rings. The van der Waals surface area contributed by atoms with E-state index >= 15 is 0 Å². The Labute approximate surface area is 210 Å². The molecule has 2 atom stereocenters. The summed E-state index contributed by atoms with van der Waals surface area (Å²) in [6, 6.07) is 7.31. The molecule has 2 aromatic carbocycles. The number of piperazine rings is 1. The van der Waals surface area contributed by atoms with Gasteiger partial charge in [-0.25, -0.2) is 9.18 Å². The van der Waals surface area contributed by atoms with E-state index in [1.54, 1.807) is 0 Å². The van der Waals surface area contributed by atoms with Crippen LogP contribution in [0.2, 0.25) is 0 Å². The third-order valence-corrected chi connectivity index (χ3v) is 6.31. The average Bonchev–Trinajstić information content (AvgIpc) is 3.41. The Morgan fingerprint density at radius 3 is 2.32 bits per heavy atom. The lowest BCUT2D eigenvalue weighted by atomic mass is 10.1. The Hall–Kier alpha value is -3.67. The van der Waals surface area contributed by atoms with Crippen LogP contribution in [0.25, 0.3) is 0 Å². The predicted molar refractivity (Wildman–Crippen MR) is 125 cm³/mol. The lowest BCUT2D eigenvalue weighted by molar-refractivity contribution is -0.137. The van der Waals surface area contributed by atoms with E-state index in [1.165, 1.54) is 34.1 Å². The van der Waals surface area contributed by atoms with Gasteiger partial charge in [0.15, 0.2) is 0 Å². The highest BCUT2D eigenvalue weighted by molar-refractivity contribution is 5.98. The summed E-state index contributed by atoms with van der Waals surface area (Å²) in [6.07, 6.45) is -3.04. The van der Waals surface area contributed by atoms with Gasteiger partial charge in [0.2, 0.25) is 5.91 Å². The minimum Gasteiger partial charge on any atom is -0.376 e. The number of halogens is 4. The van der Waals surface area contributed by atoms with E-state index in [0.717, 1.165) is 37.1 Å². The second-order valence-corrected chi connectivity index (χ2v) is 8.85. The smallest absolute Gasteiger partial charge is 0.376 e. The van der Waals surface area contributed by atoms with Crippen molar-refractivity contribution in [2.45, 2.75) is 31.2 Å². The zero-order valence-corrected chi connectivity index (χ0v) is 19.8. The van der Waals surface area contributed by atoms with Crippen LogP contribution in [0, 0.1) is 5.82 Å². The van der Waals surface area contributed by atoms with Crippen molar-refractivity contribution in [3.05, 3.63) is 65.5 Å². The number of alkyl halides is 3. The summed E-state index contributed by atoms with van der Waals surface area (Å²) in [7, 11) is 0. The maximum atomic E-state index is 13.2. The predicted octanol–water partition coefficient (Wildman–Crippen LogP) is 3.50. The summed E-state index contributed by atoms with van der Waals surface area (Å²) < 4.78 is 57.5. The number of hydrogen-bond donors (Lipinski definition) is 2. The van der Waals surface area contributed by atoms with Gasteiger partial charge < -0.3 is 25.2 Å². The summed E-state index contributed by atoms with van der Waals surface area (Å²) in [5, 5.41) is 5.40. The number of carbonyl (C=O) groups excluding carboxylic acids is 3. The number of hydrogen-bond acceptors (Lipinski definition) is 4. The molecule has 37 heavy (non-hydrogen) atoms. The summed E-state index contributed by atoms with van der Waals surface area (Å²) in [5.41, 5.74) is -0.541. The topological polar surface area (TPSA) is 91.0 Å². The maximum absolute atomic E-state index is 13.2. The van der Waals surface area contributed by atoms with Gasteiger partial charge in [0.05, 0.1) is 18.2 Å². The van der Waals surface area contributed by atoms with Gasteiger partial charge in [-0.1, -0.05) is 0 Å². The quantitative estimate of drug-likeness (QED) is 0.589. The molecule has 0 aliphatic carbocycles. The molecule has 0 aromatic heterocycles. The van der Waals surface area contributed by atoms with Gasteiger partial charge in [0.25, 0.3) is 5.91 Å². The molecule has 2 saturated heterocycles. The number of amides is 4. The maximum Gasteiger partial charge on any atom is 0.416 e. The number of nitrogens with one attached hydrogen (secondary N) is 2. The Balaban J connectivity index is 1.49. The molecule has 2 aliphatic heterocycles. The molecular formula is C25H26F4N4O4. The van der Waals surface area contributed by atoms with E-state index in [-0.39, 0.29) is 37.8 Å². The number of carbonyl (C=O) groups is 3. The lowest BCUT2D eigenvalue weighted by Crippen LogP contribution is -2.62. The van der Waals surface area contributed by atoms with Crippen LogP contribution in [0.1, 0.15) is 28.8 Å². The van der Waals surface area contributed by atoms with Crippen LogP contribution in [-0.2, 0) is 15.7 Å². The second kappa shape index (κ2) is 11.2. The van der Waals surface area contributed by atoms with E-state index in [4.69, 9.17) is 4.74 Å². The highest BCUT2D eigenvalue weighted by Crippen LogP contribution is 2.29. The van der Waals surface area contributed by atoms with Gasteiger partial charge >= 0.3 is 12.2 Å². The fraction of sp³-hybridized carbons (Fsp3) is 0.400. The van der Waals surface area contributed by atoms with Crippen molar-refractivity contribution >= 4 is 23.5 Å². The highest BCUT2D eigenvalue weighted by Gasteiger charge is 2.38. The first-order valence-electron chi connectivity index (χ1n) is 11.8. The zero-order valence-electron chi connectivity index (χ0n) is 19.8. The number of benzene rings is 2. The molecule has 0 bridgehead atoms. The van der Waals surface area contributed by atoms with Crippen molar-refractivity contribution in [1.29, 1.82) is 0 Å².